The lowest BCUT2D eigenvalue weighted by Gasteiger charge is -2.29. The fourth-order valence-electron chi connectivity index (χ4n) is 2.74. The Balaban J connectivity index is 2.10. The van der Waals surface area contributed by atoms with Gasteiger partial charge in [0.2, 0.25) is 0 Å². The van der Waals surface area contributed by atoms with Gasteiger partial charge >= 0.3 is 0 Å². The molecular weight excluding hydrogens is 212 g/mol. The second kappa shape index (κ2) is 5.65. The van der Waals surface area contributed by atoms with E-state index in [9.17, 15) is 0 Å². The zero-order chi connectivity index (χ0) is 12.3. The molecule has 1 saturated heterocycles. The zero-order valence-electron chi connectivity index (χ0n) is 11.0. The Hall–Kier alpha value is -0.870. The molecule has 0 aromatic carbocycles. The Morgan fingerprint density at radius 1 is 1.47 bits per heavy atom. The van der Waals surface area contributed by atoms with Crippen molar-refractivity contribution >= 4 is 0 Å². The van der Waals surface area contributed by atoms with E-state index >= 15 is 0 Å². The van der Waals surface area contributed by atoms with Crippen molar-refractivity contribution in [1.82, 2.24) is 14.5 Å². The quantitative estimate of drug-likeness (QED) is 0.866. The Bertz CT molecular complexity index is 347. The topological polar surface area (TPSA) is 47.1 Å². The molecule has 0 spiro atoms. The van der Waals surface area contributed by atoms with Gasteiger partial charge < -0.3 is 10.3 Å². The third kappa shape index (κ3) is 2.87. The summed E-state index contributed by atoms with van der Waals surface area (Å²) in [4.78, 5) is 6.73. The molecule has 1 aromatic heterocycles. The summed E-state index contributed by atoms with van der Waals surface area (Å²) in [6.45, 7) is 5.35. The standard InChI is InChI=1S/C13H24N4/c1-11-4-3-6-17(7-5-11)12(8-14)13-9-15-10-16(13)2/h9-12H,3-8,14H2,1-2H3. The highest BCUT2D eigenvalue weighted by atomic mass is 15.2. The first-order chi connectivity index (χ1) is 8.22. The summed E-state index contributed by atoms with van der Waals surface area (Å²) in [6, 6.07) is 0.327. The third-order valence-corrected chi connectivity index (χ3v) is 3.91. The van der Waals surface area contributed by atoms with E-state index in [1.807, 2.05) is 19.6 Å². The summed E-state index contributed by atoms with van der Waals surface area (Å²) < 4.78 is 2.09. The average Bonchev–Trinajstić information content (AvgIpc) is 2.60. The van der Waals surface area contributed by atoms with E-state index in [1.54, 1.807) is 0 Å². The highest BCUT2D eigenvalue weighted by molar-refractivity contribution is 5.06. The molecule has 1 fully saturated rings. The van der Waals surface area contributed by atoms with Crippen LogP contribution in [-0.2, 0) is 7.05 Å². The van der Waals surface area contributed by atoms with Gasteiger partial charge in [-0.25, -0.2) is 4.98 Å². The molecule has 2 rings (SSSR count). The molecule has 0 aliphatic carbocycles. The summed E-state index contributed by atoms with van der Waals surface area (Å²) in [6.07, 6.45) is 7.73. The van der Waals surface area contributed by atoms with E-state index in [2.05, 4.69) is 21.4 Å². The molecule has 0 bridgehead atoms. The zero-order valence-corrected chi connectivity index (χ0v) is 11.0. The smallest absolute Gasteiger partial charge is 0.0946 e. The molecule has 2 unspecified atom stereocenters. The van der Waals surface area contributed by atoms with Gasteiger partial charge in [0.15, 0.2) is 0 Å². The highest BCUT2D eigenvalue weighted by Gasteiger charge is 2.23. The van der Waals surface area contributed by atoms with Gasteiger partial charge in [-0.2, -0.15) is 0 Å². The van der Waals surface area contributed by atoms with Crippen LogP contribution < -0.4 is 5.73 Å². The van der Waals surface area contributed by atoms with Crippen LogP contribution in [-0.4, -0.2) is 34.1 Å². The molecule has 2 atom stereocenters. The van der Waals surface area contributed by atoms with E-state index in [0.29, 0.717) is 12.6 Å². The van der Waals surface area contributed by atoms with Crippen LogP contribution >= 0.6 is 0 Å². The third-order valence-electron chi connectivity index (χ3n) is 3.91. The molecular formula is C13H24N4. The van der Waals surface area contributed by atoms with Gasteiger partial charge in [0.25, 0.3) is 0 Å². The second-order valence-electron chi connectivity index (χ2n) is 5.25. The number of hydrogen-bond donors (Lipinski definition) is 1. The number of nitrogens with zero attached hydrogens (tertiary/aromatic N) is 3. The van der Waals surface area contributed by atoms with Crippen molar-refractivity contribution in [3.63, 3.8) is 0 Å². The lowest BCUT2D eigenvalue weighted by Crippen LogP contribution is -2.35. The summed E-state index contributed by atoms with van der Waals surface area (Å²) in [5, 5.41) is 0. The van der Waals surface area contributed by atoms with Crippen LogP contribution in [0.4, 0.5) is 0 Å². The molecule has 17 heavy (non-hydrogen) atoms. The SMILES string of the molecule is CC1CCCN(C(CN)c2cncn2C)CC1. The van der Waals surface area contributed by atoms with Crippen molar-refractivity contribution < 1.29 is 0 Å². The van der Waals surface area contributed by atoms with Gasteiger partial charge in [-0.05, 0) is 38.3 Å². The first-order valence-electron chi connectivity index (χ1n) is 6.62. The van der Waals surface area contributed by atoms with Crippen LogP contribution in [0.25, 0.3) is 0 Å². The van der Waals surface area contributed by atoms with E-state index in [-0.39, 0.29) is 0 Å². The van der Waals surface area contributed by atoms with Crippen molar-refractivity contribution in [3.05, 3.63) is 18.2 Å². The summed E-state index contributed by atoms with van der Waals surface area (Å²) >= 11 is 0. The maximum atomic E-state index is 5.97. The number of nitrogens with two attached hydrogens (primary N) is 1. The summed E-state index contributed by atoms with van der Waals surface area (Å²) in [7, 11) is 2.05. The lowest BCUT2D eigenvalue weighted by molar-refractivity contribution is 0.201. The number of aromatic nitrogens is 2. The molecule has 0 radical (unpaired) electrons. The van der Waals surface area contributed by atoms with E-state index in [0.717, 1.165) is 19.0 Å². The van der Waals surface area contributed by atoms with Crippen molar-refractivity contribution in [2.45, 2.75) is 32.2 Å². The number of aryl methyl sites for hydroxylation is 1. The predicted molar refractivity (Wildman–Crippen MR) is 69.6 cm³/mol. The number of hydrogen-bond acceptors (Lipinski definition) is 3. The normalized spacial score (nSPS) is 24.5. The van der Waals surface area contributed by atoms with Crippen LogP contribution in [0.1, 0.15) is 37.9 Å². The van der Waals surface area contributed by atoms with E-state index < -0.39 is 0 Å². The number of rotatable bonds is 3. The van der Waals surface area contributed by atoms with Gasteiger partial charge in [0, 0.05) is 19.8 Å². The summed E-state index contributed by atoms with van der Waals surface area (Å²) in [5.41, 5.74) is 7.20. The minimum atomic E-state index is 0.327. The van der Waals surface area contributed by atoms with Crippen LogP contribution in [0.15, 0.2) is 12.5 Å². The maximum absolute atomic E-state index is 5.97. The van der Waals surface area contributed by atoms with Gasteiger partial charge in [-0.15, -0.1) is 0 Å². The highest BCUT2D eigenvalue weighted by Crippen LogP contribution is 2.24. The lowest BCUT2D eigenvalue weighted by atomic mass is 10.0. The van der Waals surface area contributed by atoms with Gasteiger partial charge in [0.1, 0.15) is 0 Å². The molecule has 96 valence electrons. The molecule has 0 saturated carbocycles. The van der Waals surface area contributed by atoms with Crippen LogP contribution in [0, 0.1) is 5.92 Å². The van der Waals surface area contributed by atoms with E-state index in [4.69, 9.17) is 5.73 Å². The van der Waals surface area contributed by atoms with Crippen molar-refractivity contribution in [3.8, 4) is 0 Å². The molecule has 2 heterocycles. The fourth-order valence-corrected chi connectivity index (χ4v) is 2.74. The Morgan fingerprint density at radius 2 is 2.29 bits per heavy atom. The molecule has 2 N–H and O–H groups in total. The van der Waals surface area contributed by atoms with Gasteiger partial charge in [-0.1, -0.05) is 6.92 Å². The Kier molecular flexibility index (Phi) is 4.18. The molecule has 4 nitrogen and oxygen atoms in total. The van der Waals surface area contributed by atoms with Gasteiger partial charge in [-0.3, -0.25) is 4.90 Å². The first-order valence-corrected chi connectivity index (χ1v) is 6.62. The minimum Gasteiger partial charge on any atom is -0.336 e. The second-order valence-corrected chi connectivity index (χ2v) is 5.25. The van der Waals surface area contributed by atoms with Crippen LogP contribution in [0.5, 0.6) is 0 Å². The predicted octanol–water partition coefficient (Wildman–Crippen LogP) is 1.54. The van der Waals surface area contributed by atoms with E-state index in [1.165, 1.54) is 25.0 Å². The van der Waals surface area contributed by atoms with Crippen LogP contribution in [0.3, 0.4) is 0 Å². The van der Waals surface area contributed by atoms with Gasteiger partial charge in [0.05, 0.1) is 18.1 Å². The fraction of sp³-hybridized carbons (Fsp3) is 0.769. The van der Waals surface area contributed by atoms with Crippen molar-refractivity contribution in [2.75, 3.05) is 19.6 Å². The first kappa shape index (κ1) is 12.6. The number of likely N-dealkylation sites (tertiary alicyclic amines) is 1. The molecule has 1 aliphatic heterocycles. The largest absolute Gasteiger partial charge is 0.336 e. The molecule has 1 aliphatic rings. The molecule has 1 aromatic rings. The van der Waals surface area contributed by atoms with Crippen molar-refractivity contribution in [1.29, 1.82) is 0 Å². The Morgan fingerprint density at radius 3 is 2.94 bits per heavy atom. The molecule has 4 heteroatoms. The monoisotopic (exact) mass is 236 g/mol. The Labute approximate surface area is 104 Å². The summed E-state index contributed by atoms with van der Waals surface area (Å²) in [5.74, 6) is 0.852. The van der Waals surface area contributed by atoms with Crippen molar-refractivity contribution in [2.24, 2.45) is 18.7 Å². The maximum Gasteiger partial charge on any atom is 0.0946 e. The average molecular weight is 236 g/mol. The number of imidazole rings is 1. The van der Waals surface area contributed by atoms with Crippen LogP contribution in [0.2, 0.25) is 0 Å². The molecule has 0 amide bonds. The minimum absolute atomic E-state index is 0.327.